The van der Waals surface area contributed by atoms with Crippen LogP contribution < -0.4 is 0 Å². The van der Waals surface area contributed by atoms with Gasteiger partial charge in [-0.25, -0.2) is 0 Å². The second-order valence-corrected chi connectivity index (χ2v) is 7.05. The fraction of sp³-hybridized carbons (Fsp3) is 0.429. The summed E-state index contributed by atoms with van der Waals surface area (Å²) < 4.78 is 0. The molecule has 0 saturated heterocycles. The summed E-state index contributed by atoms with van der Waals surface area (Å²) in [4.78, 5) is 2.30. The number of hydrogen-bond acceptors (Lipinski definition) is 1. The van der Waals surface area contributed by atoms with E-state index in [0.29, 0.717) is 11.8 Å². The van der Waals surface area contributed by atoms with Crippen LogP contribution in [-0.2, 0) is 12.8 Å². The van der Waals surface area contributed by atoms with Crippen molar-refractivity contribution < 1.29 is 0 Å². The molecule has 124 valence electrons. The lowest BCUT2D eigenvalue weighted by atomic mass is 9.82. The number of nitrogens with zero attached hydrogens (tertiary/aromatic N) is 1. The molecule has 1 atom stereocenters. The van der Waals surface area contributed by atoms with E-state index in [2.05, 4.69) is 74.4 Å². The molecule has 2 heteroatoms. The van der Waals surface area contributed by atoms with Crippen LogP contribution in [0.2, 0.25) is 0 Å². The van der Waals surface area contributed by atoms with Crippen LogP contribution in [0.1, 0.15) is 41.5 Å². The minimum Gasteiger partial charge on any atom is -0.309 e. The van der Waals surface area contributed by atoms with Crippen LogP contribution in [0.3, 0.4) is 0 Å². The molecule has 0 radical (unpaired) electrons. The molecule has 0 fully saturated rings. The predicted octanol–water partition coefficient (Wildman–Crippen LogP) is 4.93. The number of hydrogen-bond donors (Lipinski definition) is 0. The number of halogens is 1. The largest absolute Gasteiger partial charge is 0.309 e. The molecule has 0 amide bonds. The number of benzene rings is 2. The van der Waals surface area contributed by atoms with Gasteiger partial charge in [0.25, 0.3) is 0 Å². The summed E-state index contributed by atoms with van der Waals surface area (Å²) in [5.41, 5.74) is 6.19. The SMILES string of the molecule is C[C@@H](CC1c2ccccc2CCc2ccccc21)CN(C)C.Cl. The molecule has 2 aromatic rings. The van der Waals surface area contributed by atoms with E-state index in [9.17, 15) is 0 Å². The quantitative estimate of drug-likeness (QED) is 0.769. The van der Waals surface area contributed by atoms with Crippen molar-refractivity contribution in [2.24, 2.45) is 5.92 Å². The summed E-state index contributed by atoms with van der Waals surface area (Å²) in [6.45, 7) is 3.54. The van der Waals surface area contributed by atoms with Gasteiger partial charge in [0.15, 0.2) is 0 Å². The van der Waals surface area contributed by atoms with Gasteiger partial charge in [0.1, 0.15) is 0 Å². The number of aryl methyl sites for hydroxylation is 2. The molecule has 2 aromatic carbocycles. The smallest absolute Gasteiger partial charge is 0.00978 e. The van der Waals surface area contributed by atoms with E-state index < -0.39 is 0 Å². The first kappa shape index (κ1) is 18.0. The van der Waals surface area contributed by atoms with Gasteiger partial charge in [-0.3, -0.25) is 0 Å². The maximum atomic E-state index is 2.39. The summed E-state index contributed by atoms with van der Waals surface area (Å²) in [7, 11) is 4.34. The molecule has 0 N–H and O–H groups in total. The number of rotatable bonds is 4. The Morgan fingerprint density at radius 1 is 0.913 bits per heavy atom. The number of fused-ring (bicyclic) bond motifs is 2. The van der Waals surface area contributed by atoms with Gasteiger partial charge in [-0.2, -0.15) is 0 Å². The van der Waals surface area contributed by atoms with Crippen molar-refractivity contribution in [2.45, 2.75) is 32.1 Å². The summed E-state index contributed by atoms with van der Waals surface area (Å²) >= 11 is 0. The highest BCUT2D eigenvalue weighted by atomic mass is 35.5. The highest BCUT2D eigenvalue weighted by molar-refractivity contribution is 5.85. The first-order chi connectivity index (χ1) is 10.6. The van der Waals surface area contributed by atoms with Crippen molar-refractivity contribution in [1.82, 2.24) is 4.90 Å². The Labute approximate surface area is 147 Å². The third-order valence-corrected chi connectivity index (χ3v) is 4.84. The van der Waals surface area contributed by atoms with Crippen LogP contribution in [0.25, 0.3) is 0 Å². The Balaban J connectivity index is 0.00000192. The van der Waals surface area contributed by atoms with Crippen LogP contribution in [0.5, 0.6) is 0 Å². The molecule has 0 saturated carbocycles. The van der Waals surface area contributed by atoms with Crippen molar-refractivity contribution >= 4 is 12.4 Å². The third-order valence-electron chi connectivity index (χ3n) is 4.84. The van der Waals surface area contributed by atoms with Gasteiger partial charge in [-0.1, -0.05) is 55.5 Å². The van der Waals surface area contributed by atoms with Crippen molar-refractivity contribution in [3.8, 4) is 0 Å². The lowest BCUT2D eigenvalue weighted by Crippen LogP contribution is -2.21. The maximum Gasteiger partial charge on any atom is 0.00978 e. The highest BCUT2D eigenvalue weighted by Crippen LogP contribution is 2.38. The first-order valence-electron chi connectivity index (χ1n) is 8.45. The van der Waals surface area contributed by atoms with Gasteiger partial charge in [-0.15, -0.1) is 12.4 Å². The second-order valence-electron chi connectivity index (χ2n) is 7.05. The zero-order valence-electron chi connectivity index (χ0n) is 14.5. The van der Waals surface area contributed by atoms with Crippen LogP contribution in [0.15, 0.2) is 48.5 Å². The van der Waals surface area contributed by atoms with Crippen molar-refractivity contribution in [3.63, 3.8) is 0 Å². The van der Waals surface area contributed by atoms with E-state index >= 15 is 0 Å². The second kappa shape index (κ2) is 7.99. The van der Waals surface area contributed by atoms with Crippen LogP contribution >= 0.6 is 12.4 Å². The van der Waals surface area contributed by atoms with Gasteiger partial charge >= 0.3 is 0 Å². The Morgan fingerprint density at radius 3 is 1.87 bits per heavy atom. The fourth-order valence-corrected chi connectivity index (χ4v) is 3.99. The van der Waals surface area contributed by atoms with Gasteiger partial charge in [0.2, 0.25) is 0 Å². The molecular weight excluding hydrogens is 302 g/mol. The van der Waals surface area contributed by atoms with E-state index in [-0.39, 0.29) is 12.4 Å². The van der Waals surface area contributed by atoms with Gasteiger partial charge in [-0.05, 0) is 61.5 Å². The molecule has 23 heavy (non-hydrogen) atoms. The van der Waals surface area contributed by atoms with E-state index in [0.717, 1.165) is 6.54 Å². The van der Waals surface area contributed by atoms with Crippen molar-refractivity contribution in [3.05, 3.63) is 70.8 Å². The average Bonchev–Trinajstić information content (AvgIpc) is 2.65. The monoisotopic (exact) mass is 329 g/mol. The van der Waals surface area contributed by atoms with Gasteiger partial charge in [0, 0.05) is 12.5 Å². The molecule has 0 aliphatic heterocycles. The summed E-state index contributed by atoms with van der Waals surface area (Å²) in [6, 6.07) is 18.1. The Morgan fingerprint density at radius 2 is 1.39 bits per heavy atom. The molecule has 0 heterocycles. The normalized spacial score (nSPS) is 15.3. The van der Waals surface area contributed by atoms with Crippen molar-refractivity contribution in [1.29, 1.82) is 0 Å². The van der Waals surface area contributed by atoms with Crippen LogP contribution in [0.4, 0.5) is 0 Å². The lowest BCUT2D eigenvalue weighted by molar-refractivity contribution is 0.321. The fourth-order valence-electron chi connectivity index (χ4n) is 3.99. The lowest BCUT2D eigenvalue weighted by Gasteiger charge is -2.25. The van der Waals surface area contributed by atoms with Crippen molar-refractivity contribution in [2.75, 3.05) is 20.6 Å². The van der Waals surface area contributed by atoms with Gasteiger partial charge in [0.05, 0.1) is 0 Å². The molecule has 1 nitrogen and oxygen atoms in total. The van der Waals surface area contributed by atoms with E-state index in [1.54, 1.807) is 22.3 Å². The molecule has 3 rings (SSSR count). The predicted molar refractivity (Wildman–Crippen MR) is 102 cm³/mol. The summed E-state index contributed by atoms with van der Waals surface area (Å²) in [5.74, 6) is 1.24. The topological polar surface area (TPSA) is 3.24 Å². The van der Waals surface area contributed by atoms with E-state index in [1.165, 1.54) is 19.3 Å². The maximum absolute atomic E-state index is 2.39. The van der Waals surface area contributed by atoms with Crippen LogP contribution in [-0.4, -0.2) is 25.5 Å². The molecule has 0 aromatic heterocycles. The van der Waals surface area contributed by atoms with E-state index in [1.807, 2.05) is 0 Å². The first-order valence-corrected chi connectivity index (χ1v) is 8.45. The Bertz CT molecular complexity index is 588. The molecule has 0 bridgehead atoms. The Kier molecular flexibility index (Phi) is 6.26. The highest BCUT2D eigenvalue weighted by Gasteiger charge is 2.24. The summed E-state index contributed by atoms with van der Waals surface area (Å²) in [5, 5.41) is 0. The standard InChI is InChI=1S/C21H27N.ClH/c1-16(15-22(2)3)14-21-19-10-6-4-8-17(19)12-13-18-9-5-7-11-20(18)21;/h4-11,16,21H,12-15H2,1-3H3;1H/t16-;/m0./s1. The zero-order valence-corrected chi connectivity index (χ0v) is 15.3. The summed E-state index contributed by atoms with van der Waals surface area (Å²) in [6.07, 6.45) is 3.57. The van der Waals surface area contributed by atoms with Gasteiger partial charge < -0.3 is 4.90 Å². The molecule has 0 spiro atoms. The third kappa shape index (κ3) is 4.16. The average molecular weight is 330 g/mol. The molecule has 1 aliphatic carbocycles. The molecule has 1 aliphatic rings. The molecular formula is C21H28ClN. The molecule has 0 unspecified atom stereocenters. The minimum atomic E-state index is 0. The van der Waals surface area contributed by atoms with E-state index in [4.69, 9.17) is 0 Å². The van der Waals surface area contributed by atoms with Crippen LogP contribution in [0, 0.1) is 5.92 Å². The minimum absolute atomic E-state index is 0. The Hall–Kier alpha value is -1.31. The zero-order chi connectivity index (χ0) is 15.5.